The summed E-state index contributed by atoms with van der Waals surface area (Å²) in [6, 6.07) is 12.6. The number of ether oxygens (including phenoxy) is 1. The summed E-state index contributed by atoms with van der Waals surface area (Å²) in [6.45, 7) is 4.08. The van der Waals surface area contributed by atoms with Gasteiger partial charge in [0, 0.05) is 21.8 Å². The Bertz CT molecular complexity index is 638. The molecule has 4 heteroatoms. The Balaban J connectivity index is 2.20. The molecule has 1 N–H and O–H groups in total. The Morgan fingerprint density at radius 3 is 2.71 bits per heavy atom. The first kappa shape index (κ1) is 15.4. The van der Waals surface area contributed by atoms with Gasteiger partial charge in [0.2, 0.25) is 0 Å². The van der Waals surface area contributed by atoms with E-state index in [-0.39, 0.29) is 11.5 Å². The maximum atomic E-state index is 11.5. The number of benzene rings is 2. The van der Waals surface area contributed by atoms with Gasteiger partial charge in [-0.25, -0.2) is 0 Å². The van der Waals surface area contributed by atoms with E-state index in [4.69, 9.17) is 4.74 Å². The van der Waals surface area contributed by atoms with E-state index < -0.39 is 0 Å². The summed E-state index contributed by atoms with van der Waals surface area (Å²) in [6.07, 6.45) is 0. The topological polar surface area (TPSA) is 46.5 Å². The van der Waals surface area contributed by atoms with Crippen LogP contribution in [0.2, 0.25) is 0 Å². The van der Waals surface area contributed by atoms with Crippen LogP contribution in [0.1, 0.15) is 29.8 Å². The molecular formula is C17H18O3S. The summed E-state index contributed by atoms with van der Waals surface area (Å²) >= 11 is 1.60. The van der Waals surface area contributed by atoms with E-state index in [9.17, 15) is 9.90 Å². The first-order chi connectivity index (χ1) is 10.1. The summed E-state index contributed by atoms with van der Waals surface area (Å²) in [5, 5.41) is 9.48. The Labute approximate surface area is 129 Å². The van der Waals surface area contributed by atoms with Crippen LogP contribution < -0.4 is 4.74 Å². The molecule has 2 aromatic carbocycles. The zero-order valence-corrected chi connectivity index (χ0v) is 12.9. The van der Waals surface area contributed by atoms with Crippen molar-refractivity contribution in [3.05, 3.63) is 53.6 Å². The van der Waals surface area contributed by atoms with Crippen LogP contribution in [0.25, 0.3) is 0 Å². The second-order valence-electron chi connectivity index (χ2n) is 4.60. The van der Waals surface area contributed by atoms with Crippen LogP contribution in [0.15, 0.2) is 47.4 Å². The van der Waals surface area contributed by atoms with Crippen molar-refractivity contribution >= 4 is 17.5 Å². The van der Waals surface area contributed by atoms with Crippen molar-refractivity contribution in [3.63, 3.8) is 0 Å². The maximum absolute atomic E-state index is 11.5. The fraction of sp³-hybridized carbons (Fsp3) is 0.235. The summed E-state index contributed by atoms with van der Waals surface area (Å²) in [4.78, 5) is 12.5. The minimum absolute atomic E-state index is 0.0432. The number of phenols is 1. The van der Waals surface area contributed by atoms with Gasteiger partial charge in [-0.15, -0.1) is 11.8 Å². The van der Waals surface area contributed by atoms with Crippen molar-refractivity contribution in [3.8, 4) is 11.5 Å². The van der Waals surface area contributed by atoms with Crippen molar-refractivity contribution in [2.45, 2.75) is 24.5 Å². The van der Waals surface area contributed by atoms with Gasteiger partial charge >= 0.3 is 0 Å². The summed E-state index contributed by atoms with van der Waals surface area (Å²) < 4.78 is 5.61. The largest absolute Gasteiger partial charge is 0.508 e. The number of hydrogen-bond donors (Lipinski definition) is 1. The molecule has 0 atom stereocenters. The van der Waals surface area contributed by atoms with Gasteiger partial charge in [0.05, 0.1) is 6.61 Å². The first-order valence-electron chi connectivity index (χ1n) is 6.78. The van der Waals surface area contributed by atoms with E-state index in [1.807, 2.05) is 31.2 Å². The van der Waals surface area contributed by atoms with Gasteiger partial charge in [0.15, 0.2) is 5.78 Å². The quantitative estimate of drug-likeness (QED) is 0.639. The Hall–Kier alpha value is -1.94. The zero-order valence-electron chi connectivity index (χ0n) is 12.1. The lowest BCUT2D eigenvalue weighted by Crippen LogP contribution is -1.99. The number of ketones is 1. The molecule has 3 nitrogen and oxygen atoms in total. The number of phenolic OH excluding ortho intramolecular Hbond substituents is 1. The highest BCUT2D eigenvalue weighted by Crippen LogP contribution is 2.30. The molecular weight excluding hydrogens is 284 g/mol. The summed E-state index contributed by atoms with van der Waals surface area (Å²) in [5.74, 6) is 1.78. The van der Waals surface area contributed by atoms with Crippen LogP contribution in [-0.2, 0) is 5.75 Å². The zero-order chi connectivity index (χ0) is 15.2. The molecule has 0 saturated carbocycles. The highest BCUT2D eigenvalue weighted by molar-refractivity contribution is 7.98. The summed E-state index contributed by atoms with van der Waals surface area (Å²) in [7, 11) is 0. The molecule has 0 bridgehead atoms. The lowest BCUT2D eigenvalue weighted by molar-refractivity contribution is 0.101. The van der Waals surface area contributed by atoms with Gasteiger partial charge in [0.1, 0.15) is 11.5 Å². The number of carbonyl (C=O) groups excluding carboxylic acids is 1. The second kappa shape index (κ2) is 7.18. The molecule has 110 valence electrons. The smallest absolute Gasteiger partial charge is 0.159 e. The fourth-order valence-electron chi connectivity index (χ4n) is 1.94. The lowest BCUT2D eigenvalue weighted by atomic mass is 10.1. The third kappa shape index (κ3) is 4.26. The van der Waals surface area contributed by atoms with Crippen LogP contribution in [0.4, 0.5) is 0 Å². The predicted molar refractivity (Wildman–Crippen MR) is 85.3 cm³/mol. The third-order valence-corrected chi connectivity index (χ3v) is 4.02. The molecule has 0 aromatic heterocycles. The Morgan fingerprint density at radius 2 is 2.05 bits per heavy atom. The van der Waals surface area contributed by atoms with Gasteiger partial charge < -0.3 is 9.84 Å². The van der Waals surface area contributed by atoms with E-state index in [1.165, 1.54) is 0 Å². The van der Waals surface area contributed by atoms with Gasteiger partial charge in [-0.05, 0) is 50.2 Å². The molecule has 0 fully saturated rings. The summed E-state index contributed by atoms with van der Waals surface area (Å²) in [5.41, 5.74) is 1.67. The van der Waals surface area contributed by atoms with E-state index >= 15 is 0 Å². The molecule has 0 heterocycles. The number of aromatic hydroxyl groups is 1. The average Bonchev–Trinajstić information content (AvgIpc) is 2.46. The van der Waals surface area contributed by atoms with E-state index in [0.717, 1.165) is 16.2 Å². The number of hydrogen-bond acceptors (Lipinski definition) is 4. The van der Waals surface area contributed by atoms with Crippen molar-refractivity contribution < 1.29 is 14.6 Å². The van der Waals surface area contributed by atoms with E-state index in [0.29, 0.717) is 17.9 Å². The van der Waals surface area contributed by atoms with Gasteiger partial charge in [-0.2, -0.15) is 0 Å². The number of thioether (sulfide) groups is 1. The average molecular weight is 302 g/mol. The minimum Gasteiger partial charge on any atom is -0.508 e. The molecule has 21 heavy (non-hydrogen) atoms. The fourth-order valence-corrected chi connectivity index (χ4v) is 2.87. The normalized spacial score (nSPS) is 10.4. The van der Waals surface area contributed by atoms with E-state index in [1.54, 1.807) is 36.9 Å². The molecule has 0 unspecified atom stereocenters. The molecule has 2 aromatic rings. The van der Waals surface area contributed by atoms with Crippen molar-refractivity contribution in [2.24, 2.45) is 0 Å². The van der Waals surface area contributed by atoms with Crippen LogP contribution in [0, 0.1) is 0 Å². The molecule has 2 rings (SSSR count). The van der Waals surface area contributed by atoms with Crippen LogP contribution in [0.3, 0.4) is 0 Å². The molecule has 0 amide bonds. The molecule has 0 radical (unpaired) electrons. The van der Waals surface area contributed by atoms with E-state index in [2.05, 4.69) is 0 Å². The molecule has 0 aliphatic rings. The van der Waals surface area contributed by atoms with Gasteiger partial charge in [-0.1, -0.05) is 6.07 Å². The van der Waals surface area contributed by atoms with Gasteiger partial charge in [0.25, 0.3) is 0 Å². The second-order valence-corrected chi connectivity index (χ2v) is 5.65. The number of Topliss-reactive ketones (excluding diaryl/α,β-unsaturated/α-hetero) is 1. The number of rotatable bonds is 6. The van der Waals surface area contributed by atoms with Crippen LogP contribution in [0.5, 0.6) is 11.5 Å². The molecule has 0 spiro atoms. The maximum Gasteiger partial charge on any atom is 0.159 e. The monoisotopic (exact) mass is 302 g/mol. The highest BCUT2D eigenvalue weighted by atomic mass is 32.2. The number of carbonyl (C=O) groups is 1. The minimum atomic E-state index is 0.0432. The predicted octanol–water partition coefficient (Wildman–Crippen LogP) is 4.29. The van der Waals surface area contributed by atoms with Crippen molar-refractivity contribution in [2.75, 3.05) is 6.61 Å². The third-order valence-electron chi connectivity index (χ3n) is 2.98. The van der Waals surface area contributed by atoms with Crippen LogP contribution in [-0.4, -0.2) is 17.5 Å². The lowest BCUT2D eigenvalue weighted by Gasteiger charge is -2.11. The van der Waals surface area contributed by atoms with Crippen molar-refractivity contribution in [1.82, 2.24) is 0 Å². The Morgan fingerprint density at radius 1 is 1.24 bits per heavy atom. The van der Waals surface area contributed by atoms with Gasteiger partial charge in [-0.3, -0.25) is 4.79 Å². The van der Waals surface area contributed by atoms with Crippen LogP contribution >= 0.6 is 11.8 Å². The first-order valence-corrected chi connectivity index (χ1v) is 7.77. The molecule has 0 aliphatic carbocycles. The Kier molecular flexibility index (Phi) is 5.28. The standard InChI is InChI=1S/C17H18O3S/c1-3-20-17-8-7-13(12(2)18)9-14(17)11-21-16-6-4-5-15(19)10-16/h4-10,19H,3,11H2,1-2H3. The van der Waals surface area contributed by atoms with Crippen molar-refractivity contribution in [1.29, 1.82) is 0 Å². The SMILES string of the molecule is CCOc1ccc(C(C)=O)cc1CSc1cccc(O)c1. The molecule has 0 aliphatic heterocycles. The highest BCUT2D eigenvalue weighted by Gasteiger charge is 2.08. The molecule has 0 saturated heterocycles.